The van der Waals surface area contributed by atoms with Crippen LogP contribution >= 0.6 is 12.2 Å². The SMILES string of the molecule is CC(c1ccccc1)c1n[nH]c(=S)n1-c1ccccc1. The van der Waals surface area contributed by atoms with Gasteiger partial charge in [-0.3, -0.25) is 9.67 Å². The molecule has 0 aliphatic rings. The zero-order valence-electron chi connectivity index (χ0n) is 11.2. The van der Waals surface area contributed by atoms with E-state index in [0.29, 0.717) is 4.77 Å². The first kappa shape index (κ1) is 12.8. The van der Waals surface area contributed by atoms with Crippen LogP contribution in [-0.4, -0.2) is 14.8 Å². The molecule has 3 nitrogen and oxygen atoms in total. The molecule has 2 aromatic carbocycles. The lowest BCUT2D eigenvalue weighted by molar-refractivity contribution is 0.780. The molecule has 0 saturated heterocycles. The van der Waals surface area contributed by atoms with Crippen LogP contribution in [-0.2, 0) is 0 Å². The fourth-order valence-corrected chi connectivity index (χ4v) is 2.56. The first-order valence-electron chi connectivity index (χ1n) is 6.55. The van der Waals surface area contributed by atoms with Crippen molar-refractivity contribution in [3.63, 3.8) is 0 Å². The first-order valence-corrected chi connectivity index (χ1v) is 6.96. The number of benzene rings is 2. The van der Waals surface area contributed by atoms with Gasteiger partial charge in [0.1, 0.15) is 5.82 Å². The normalized spacial score (nSPS) is 12.2. The molecule has 1 unspecified atom stereocenters. The zero-order valence-corrected chi connectivity index (χ0v) is 12.0. The standard InChI is InChI=1S/C16H15N3S/c1-12(13-8-4-2-5-9-13)15-17-18-16(20)19(15)14-10-6-3-7-11-14/h2-12H,1H3,(H,18,20). The molecule has 0 amide bonds. The monoisotopic (exact) mass is 281 g/mol. The summed E-state index contributed by atoms with van der Waals surface area (Å²) in [5, 5.41) is 7.32. The number of aromatic nitrogens is 3. The second-order valence-electron chi connectivity index (χ2n) is 4.69. The molecule has 100 valence electrons. The van der Waals surface area contributed by atoms with Gasteiger partial charge in [0.2, 0.25) is 0 Å². The van der Waals surface area contributed by atoms with Gasteiger partial charge in [-0.1, -0.05) is 55.5 Å². The topological polar surface area (TPSA) is 33.6 Å². The molecule has 20 heavy (non-hydrogen) atoms. The Kier molecular flexibility index (Phi) is 3.48. The van der Waals surface area contributed by atoms with Crippen LogP contribution in [0.5, 0.6) is 0 Å². The van der Waals surface area contributed by atoms with E-state index in [0.717, 1.165) is 11.5 Å². The predicted octanol–water partition coefficient (Wildman–Crippen LogP) is 4.08. The Morgan fingerprint density at radius 2 is 1.60 bits per heavy atom. The molecule has 0 radical (unpaired) electrons. The fourth-order valence-electron chi connectivity index (χ4n) is 2.32. The maximum atomic E-state index is 5.37. The van der Waals surface area contributed by atoms with Crippen LogP contribution in [0.1, 0.15) is 24.2 Å². The van der Waals surface area contributed by atoms with Crippen molar-refractivity contribution >= 4 is 12.2 Å². The van der Waals surface area contributed by atoms with E-state index >= 15 is 0 Å². The molecule has 1 N–H and O–H groups in total. The van der Waals surface area contributed by atoms with Gasteiger partial charge < -0.3 is 0 Å². The number of hydrogen-bond acceptors (Lipinski definition) is 2. The third kappa shape index (κ3) is 2.30. The van der Waals surface area contributed by atoms with Gasteiger partial charge in [0, 0.05) is 11.6 Å². The molecule has 0 fully saturated rings. The van der Waals surface area contributed by atoms with E-state index in [-0.39, 0.29) is 5.92 Å². The highest BCUT2D eigenvalue weighted by molar-refractivity contribution is 7.71. The lowest BCUT2D eigenvalue weighted by Gasteiger charge is -2.13. The molecular formula is C16H15N3S. The van der Waals surface area contributed by atoms with E-state index in [1.165, 1.54) is 5.56 Å². The summed E-state index contributed by atoms with van der Waals surface area (Å²) in [6.07, 6.45) is 0. The molecule has 0 aliphatic heterocycles. The van der Waals surface area contributed by atoms with Gasteiger partial charge in [0.15, 0.2) is 4.77 Å². The summed E-state index contributed by atoms with van der Waals surface area (Å²) in [7, 11) is 0. The zero-order chi connectivity index (χ0) is 13.9. The number of aromatic amines is 1. The Labute approximate surface area is 122 Å². The third-order valence-corrected chi connectivity index (χ3v) is 3.67. The molecule has 3 rings (SSSR count). The fraction of sp³-hybridized carbons (Fsp3) is 0.125. The van der Waals surface area contributed by atoms with E-state index in [2.05, 4.69) is 29.3 Å². The summed E-state index contributed by atoms with van der Waals surface area (Å²) in [5.41, 5.74) is 2.25. The highest BCUT2D eigenvalue weighted by atomic mass is 32.1. The van der Waals surface area contributed by atoms with Crippen LogP contribution in [0.15, 0.2) is 60.7 Å². The van der Waals surface area contributed by atoms with Crippen molar-refractivity contribution in [2.24, 2.45) is 0 Å². The van der Waals surface area contributed by atoms with Crippen LogP contribution in [0.4, 0.5) is 0 Å². The van der Waals surface area contributed by atoms with Crippen molar-refractivity contribution in [3.8, 4) is 5.69 Å². The maximum Gasteiger partial charge on any atom is 0.199 e. The summed E-state index contributed by atoms with van der Waals surface area (Å²) in [6, 6.07) is 20.4. The van der Waals surface area contributed by atoms with Crippen molar-refractivity contribution in [2.45, 2.75) is 12.8 Å². The lowest BCUT2D eigenvalue weighted by Crippen LogP contribution is -2.06. The molecule has 1 atom stereocenters. The maximum absolute atomic E-state index is 5.37. The summed E-state index contributed by atoms with van der Waals surface area (Å²) in [5.74, 6) is 1.09. The number of hydrogen-bond donors (Lipinski definition) is 1. The minimum absolute atomic E-state index is 0.171. The van der Waals surface area contributed by atoms with Crippen molar-refractivity contribution in [3.05, 3.63) is 76.8 Å². The van der Waals surface area contributed by atoms with Crippen molar-refractivity contribution in [1.82, 2.24) is 14.8 Å². The van der Waals surface area contributed by atoms with E-state index in [1.807, 2.05) is 53.1 Å². The van der Waals surface area contributed by atoms with Gasteiger partial charge in [0.25, 0.3) is 0 Å². The second-order valence-corrected chi connectivity index (χ2v) is 5.08. The van der Waals surface area contributed by atoms with Gasteiger partial charge >= 0.3 is 0 Å². The van der Waals surface area contributed by atoms with Gasteiger partial charge in [-0.25, -0.2) is 0 Å². The molecule has 4 heteroatoms. The van der Waals surface area contributed by atoms with Crippen LogP contribution in [0.25, 0.3) is 5.69 Å². The molecule has 0 bridgehead atoms. The quantitative estimate of drug-likeness (QED) is 0.734. The Morgan fingerprint density at radius 1 is 1.00 bits per heavy atom. The summed E-state index contributed by atoms with van der Waals surface area (Å²) in [4.78, 5) is 0. The number of H-pyrrole nitrogens is 1. The molecule has 0 aliphatic carbocycles. The molecular weight excluding hydrogens is 266 g/mol. The largest absolute Gasteiger partial charge is 0.272 e. The molecule has 1 aromatic heterocycles. The van der Waals surface area contributed by atoms with E-state index in [1.54, 1.807) is 0 Å². The highest BCUT2D eigenvalue weighted by Gasteiger charge is 2.16. The Balaban J connectivity index is 2.10. The Morgan fingerprint density at radius 3 is 2.25 bits per heavy atom. The minimum Gasteiger partial charge on any atom is -0.272 e. The number of para-hydroxylation sites is 1. The summed E-state index contributed by atoms with van der Waals surface area (Å²) in [6.45, 7) is 2.14. The van der Waals surface area contributed by atoms with Crippen molar-refractivity contribution < 1.29 is 0 Å². The van der Waals surface area contributed by atoms with E-state index in [9.17, 15) is 0 Å². The number of rotatable bonds is 3. The average molecular weight is 281 g/mol. The Bertz CT molecular complexity index is 744. The average Bonchev–Trinajstić information content (AvgIpc) is 2.90. The van der Waals surface area contributed by atoms with Crippen LogP contribution < -0.4 is 0 Å². The van der Waals surface area contributed by atoms with E-state index < -0.39 is 0 Å². The molecule has 3 aromatic rings. The van der Waals surface area contributed by atoms with E-state index in [4.69, 9.17) is 12.2 Å². The number of nitrogens with zero attached hydrogens (tertiary/aromatic N) is 2. The first-order chi connectivity index (χ1) is 9.77. The van der Waals surface area contributed by atoms with Gasteiger partial charge in [-0.15, -0.1) is 0 Å². The molecule has 0 saturated carbocycles. The second kappa shape index (κ2) is 5.43. The van der Waals surface area contributed by atoms with Gasteiger partial charge in [-0.05, 0) is 29.9 Å². The third-order valence-electron chi connectivity index (χ3n) is 3.40. The molecule has 0 spiro atoms. The van der Waals surface area contributed by atoms with Gasteiger partial charge in [-0.2, -0.15) is 5.10 Å². The van der Waals surface area contributed by atoms with Gasteiger partial charge in [0.05, 0.1) is 0 Å². The van der Waals surface area contributed by atoms with Crippen LogP contribution in [0.2, 0.25) is 0 Å². The Hall–Kier alpha value is -2.20. The van der Waals surface area contributed by atoms with Crippen molar-refractivity contribution in [2.75, 3.05) is 0 Å². The van der Waals surface area contributed by atoms with Crippen LogP contribution in [0, 0.1) is 4.77 Å². The summed E-state index contributed by atoms with van der Waals surface area (Å²) < 4.78 is 2.61. The number of nitrogens with one attached hydrogen (secondary N) is 1. The highest BCUT2D eigenvalue weighted by Crippen LogP contribution is 2.24. The smallest absolute Gasteiger partial charge is 0.199 e. The predicted molar refractivity (Wildman–Crippen MR) is 82.7 cm³/mol. The van der Waals surface area contributed by atoms with Crippen LogP contribution in [0.3, 0.4) is 0 Å². The molecule has 1 heterocycles. The minimum atomic E-state index is 0.171. The lowest BCUT2D eigenvalue weighted by atomic mass is 10.0. The van der Waals surface area contributed by atoms with Crippen molar-refractivity contribution in [1.29, 1.82) is 0 Å². The summed E-state index contributed by atoms with van der Waals surface area (Å²) >= 11 is 5.37.